The molecule has 0 atom stereocenters. The van der Waals surface area contributed by atoms with Gasteiger partial charge in [-0.25, -0.2) is 0 Å². The minimum absolute atomic E-state index is 0.103. The van der Waals surface area contributed by atoms with Crippen LogP contribution in [0.5, 0.6) is 0 Å². The van der Waals surface area contributed by atoms with Gasteiger partial charge < -0.3 is 5.32 Å². The van der Waals surface area contributed by atoms with E-state index < -0.39 is 0 Å². The van der Waals surface area contributed by atoms with E-state index in [1.54, 1.807) is 11.3 Å². The number of hydrogen-bond acceptors (Lipinski definition) is 2. The van der Waals surface area contributed by atoms with Gasteiger partial charge in [-0.2, -0.15) is 0 Å². The second-order valence-electron chi connectivity index (χ2n) is 4.96. The van der Waals surface area contributed by atoms with E-state index >= 15 is 0 Å². The summed E-state index contributed by atoms with van der Waals surface area (Å²) in [6.07, 6.45) is 5.40. The van der Waals surface area contributed by atoms with Crippen LogP contribution in [0.2, 0.25) is 0 Å². The molecular weight excluding hydrogens is 333 g/mol. The summed E-state index contributed by atoms with van der Waals surface area (Å²) in [5, 5.41) is 5.04. The lowest BCUT2D eigenvalue weighted by Crippen LogP contribution is -2.30. The van der Waals surface area contributed by atoms with Crippen LogP contribution in [0.3, 0.4) is 0 Å². The Morgan fingerprint density at radius 3 is 2.81 bits per heavy atom. The van der Waals surface area contributed by atoms with Crippen molar-refractivity contribution in [1.29, 1.82) is 0 Å². The van der Waals surface area contributed by atoms with E-state index in [0.29, 0.717) is 5.41 Å². The molecule has 86 valence electrons. The highest BCUT2D eigenvalue weighted by atomic mass is 127. The standard InChI is InChI=1S/C12H14INOS/c13-10-5-8(6-16-10)11(15)14-7-12(3-4-12)9-1-2-9/h5-6,9H,1-4,7H2,(H,14,15). The number of amides is 1. The number of halogens is 1. The molecule has 0 spiro atoms. The highest BCUT2D eigenvalue weighted by molar-refractivity contribution is 14.1. The van der Waals surface area contributed by atoms with Gasteiger partial charge in [0.1, 0.15) is 0 Å². The van der Waals surface area contributed by atoms with E-state index in [2.05, 4.69) is 27.9 Å². The molecule has 4 heteroatoms. The summed E-state index contributed by atoms with van der Waals surface area (Å²) in [7, 11) is 0. The largest absolute Gasteiger partial charge is 0.351 e. The lowest BCUT2D eigenvalue weighted by Gasteiger charge is -2.14. The Balaban J connectivity index is 1.57. The van der Waals surface area contributed by atoms with E-state index in [4.69, 9.17) is 0 Å². The third kappa shape index (κ3) is 2.14. The third-order valence-corrected chi connectivity index (χ3v) is 5.56. The van der Waals surface area contributed by atoms with Gasteiger partial charge >= 0.3 is 0 Å². The molecule has 0 aromatic carbocycles. The van der Waals surface area contributed by atoms with Crippen LogP contribution in [0.15, 0.2) is 11.4 Å². The zero-order valence-electron chi connectivity index (χ0n) is 8.96. The van der Waals surface area contributed by atoms with Crippen LogP contribution in [0, 0.1) is 14.2 Å². The van der Waals surface area contributed by atoms with Crippen molar-refractivity contribution in [3.05, 3.63) is 19.9 Å². The predicted octanol–water partition coefficient (Wildman–Crippen LogP) is 3.27. The monoisotopic (exact) mass is 347 g/mol. The Kier molecular flexibility index (Phi) is 2.74. The SMILES string of the molecule is O=C(NCC1(C2CC2)CC1)c1csc(I)c1. The molecule has 0 saturated heterocycles. The van der Waals surface area contributed by atoms with Crippen LogP contribution in [0.1, 0.15) is 36.0 Å². The maximum Gasteiger partial charge on any atom is 0.252 e. The van der Waals surface area contributed by atoms with Crippen molar-refractivity contribution in [2.45, 2.75) is 25.7 Å². The molecule has 2 fully saturated rings. The molecule has 0 radical (unpaired) electrons. The number of thiophene rings is 1. The van der Waals surface area contributed by atoms with Crippen molar-refractivity contribution < 1.29 is 4.79 Å². The molecule has 2 aliphatic rings. The third-order valence-electron chi connectivity index (χ3n) is 3.77. The lowest BCUT2D eigenvalue weighted by molar-refractivity contribution is 0.0943. The van der Waals surface area contributed by atoms with Gasteiger partial charge in [0, 0.05) is 11.9 Å². The summed E-state index contributed by atoms with van der Waals surface area (Å²) in [5.41, 5.74) is 1.32. The fourth-order valence-corrected chi connectivity index (χ4v) is 3.70. The Morgan fingerprint density at radius 2 is 2.31 bits per heavy atom. The number of nitrogens with one attached hydrogen (secondary N) is 1. The van der Waals surface area contributed by atoms with E-state index in [0.717, 1.165) is 18.0 Å². The summed E-state index contributed by atoms with van der Waals surface area (Å²) in [5.74, 6) is 1.02. The van der Waals surface area contributed by atoms with Crippen LogP contribution in [0.25, 0.3) is 0 Å². The molecular formula is C12H14INOS. The Hall–Kier alpha value is -0.100. The number of carbonyl (C=O) groups excluding carboxylic acids is 1. The van der Waals surface area contributed by atoms with Crippen molar-refractivity contribution in [3.63, 3.8) is 0 Å². The molecule has 3 rings (SSSR count). The lowest BCUT2D eigenvalue weighted by atomic mass is 10.0. The average molecular weight is 347 g/mol. The van der Waals surface area contributed by atoms with Gasteiger partial charge in [0.15, 0.2) is 0 Å². The minimum Gasteiger partial charge on any atom is -0.351 e. The van der Waals surface area contributed by atoms with Crippen molar-refractivity contribution in [1.82, 2.24) is 5.32 Å². The van der Waals surface area contributed by atoms with Gasteiger partial charge in [0.2, 0.25) is 0 Å². The van der Waals surface area contributed by atoms with Crippen LogP contribution in [-0.2, 0) is 0 Å². The van der Waals surface area contributed by atoms with Crippen molar-refractivity contribution in [3.8, 4) is 0 Å². The first-order valence-electron chi connectivity index (χ1n) is 5.72. The Morgan fingerprint density at radius 1 is 1.56 bits per heavy atom. The first-order chi connectivity index (χ1) is 7.70. The van der Waals surface area contributed by atoms with Crippen LogP contribution < -0.4 is 5.32 Å². The topological polar surface area (TPSA) is 29.1 Å². The van der Waals surface area contributed by atoms with Gasteiger partial charge in [-0.05, 0) is 65.7 Å². The van der Waals surface area contributed by atoms with E-state index in [1.807, 2.05) is 11.4 Å². The zero-order valence-corrected chi connectivity index (χ0v) is 11.9. The first kappa shape index (κ1) is 11.0. The second kappa shape index (κ2) is 3.98. The molecule has 0 bridgehead atoms. The quantitative estimate of drug-likeness (QED) is 0.833. The molecule has 16 heavy (non-hydrogen) atoms. The zero-order chi connectivity index (χ0) is 11.2. The normalized spacial score (nSPS) is 21.8. The molecule has 1 aromatic rings. The van der Waals surface area contributed by atoms with Gasteiger partial charge in [-0.15, -0.1) is 11.3 Å². The fraction of sp³-hybridized carbons (Fsp3) is 0.583. The molecule has 2 saturated carbocycles. The smallest absolute Gasteiger partial charge is 0.252 e. The Bertz CT molecular complexity index is 420. The summed E-state index contributed by atoms with van der Waals surface area (Å²) < 4.78 is 1.17. The highest BCUT2D eigenvalue weighted by Gasteiger charge is 2.53. The molecule has 1 aromatic heterocycles. The molecule has 1 amide bonds. The highest BCUT2D eigenvalue weighted by Crippen LogP contribution is 2.60. The molecule has 0 unspecified atom stereocenters. The average Bonchev–Trinajstić information content (AvgIpc) is 3.14. The van der Waals surface area contributed by atoms with Gasteiger partial charge in [0.25, 0.3) is 5.91 Å². The van der Waals surface area contributed by atoms with Crippen LogP contribution in [-0.4, -0.2) is 12.5 Å². The van der Waals surface area contributed by atoms with Crippen molar-refractivity contribution in [2.24, 2.45) is 11.3 Å². The fourth-order valence-electron chi connectivity index (χ4n) is 2.37. The minimum atomic E-state index is 0.103. The van der Waals surface area contributed by atoms with Gasteiger partial charge in [-0.1, -0.05) is 0 Å². The molecule has 0 aliphatic heterocycles. The second-order valence-corrected chi connectivity index (χ2v) is 7.76. The first-order valence-corrected chi connectivity index (χ1v) is 7.68. The maximum absolute atomic E-state index is 11.9. The number of rotatable bonds is 4. The maximum atomic E-state index is 11.9. The number of carbonyl (C=O) groups is 1. The Labute approximate surface area is 113 Å². The van der Waals surface area contributed by atoms with Gasteiger partial charge in [0.05, 0.1) is 8.45 Å². The van der Waals surface area contributed by atoms with Gasteiger partial charge in [-0.3, -0.25) is 4.79 Å². The summed E-state index contributed by atoms with van der Waals surface area (Å²) >= 11 is 3.88. The van der Waals surface area contributed by atoms with E-state index in [9.17, 15) is 4.79 Å². The molecule has 1 N–H and O–H groups in total. The van der Waals surface area contributed by atoms with Crippen molar-refractivity contribution >= 4 is 39.8 Å². The number of hydrogen-bond donors (Lipinski definition) is 1. The van der Waals surface area contributed by atoms with Crippen molar-refractivity contribution in [2.75, 3.05) is 6.54 Å². The van der Waals surface area contributed by atoms with Crippen LogP contribution >= 0.6 is 33.9 Å². The summed E-state index contributed by atoms with van der Waals surface area (Å²) in [4.78, 5) is 11.9. The van der Waals surface area contributed by atoms with Crippen LogP contribution in [0.4, 0.5) is 0 Å². The molecule has 2 aliphatic carbocycles. The summed E-state index contributed by atoms with van der Waals surface area (Å²) in [6, 6.07) is 1.96. The van der Waals surface area contributed by atoms with E-state index in [-0.39, 0.29) is 5.91 Å². The molecule has 1 heterocycles. The molecule has 2 nitrogen and oxygen atoms in total. The van der Waals surface area contributed by atoms with E-state index in [1.165, 1.54) is 28.6 Å². The summed E-state index contributed by atoms with van der Waals surface area (Å²) in [6.45, 7) is 0.892. The predicted molar refractivity (Wildman–Crippen MR) is 73.8 cm³/mol.